The molecule has 0 fully saturated rings. The molecule has 14 atom stereocenters. The van der Waals surface area contributed by atoms with Gasteiger partial charge in [0.15, 0.2) is 11.9 Å². The Morgan fingerprint density at radius 3 is 1.23 bits per heavy atom. The highest BCUT2D eigenvalue weighted by molar-refractivity contribution is 7.80. The van der Waals surface area contributed by atoms with Crippen molar-refractivity contribution >= 4 is 139 Å². The van der Waals surface area contributed by atoms with Gasteiger partial charge in [0, 0.05) is 31.7 Å². The first-order chi connectivity index (χ1) is 55.0. The van der Waals surface area contributed by atoms with Crippen LogP contribution in [0.25, 0.3) is 0 Å². The monoisotopic (exact) mass is 1750 g/mol. The maximum absolute atomic E-state index is 14.3. The number of alkyl halides is 3. The summed E-state index contributed by atoms with van der Waals surface area (Å²) in [7, 11) is -5.52. The fourth-order valence-corrected chi connectivity index (χ4v) is 10.5. The highest BCUT2D eigenvalue weighted by atomic mass is 32.1. The van der Waals surface area contributed by atoms with E-state index in [-0.39, 0.29) is 81.6 Å². The van der Waals surface area contributed by atoms with Gasteiger partial charge in [0.1, 0.15) is 72.5 Å². The second-order valence-corrected chi connectivity index (χ2v) is 29.4. The summed E-state index contributed by atoms with van der Waals surface area (Å²) in [6.45, 7) is 7.51. The van der Waals surface area contributed by atoms with Gasteiger partial charge in [0.25, 0.3) is 0 Å². The van der Waals surface area contributed by atoms with Gasteiger partial charge in [-0.1, -0.05) is 61.8 Å². The van der Waals surface area contributed by atoms with Gasteiger partial charge < -0.3 is 145 Å². The number of hydrogen-bond donors (Lipinski definition) is 28. The van der Waals surface area contributed by atoms with Crippen molar-refractivity contribution in [3.63, 3.8) is 0 Å². The molecule has 678 valence electrons. The molecule has 0 bridgehead atoms. The van der Waals surface area contributed by atoms with E-state index in [0.29, 0.717) is 0 Å². The molecule has 0 unspecified atom stereocenters. The van der Waals surface area contributed by atoms with Crippen LogP contribution in [0.2, 0.25) is 0 Å². The predicted molar refractivity (Wildman–Crippen MR) is 414 cm³/mol. The Hall–Kier alpha value is -10.9. The number of aliphatic carboxylic acids is 3. The van der Waals surface area contributed by atoms with E-state index in [4.69, 9.17) is 50.0 Å². The third-order valence-corrected chi connectivity index (χ3v) is 17.3. The van der Waals surface area contributed by atoms with Crippen LogP contribution in [-0.4, -0.2) is 284 Å². The molecule has 49 nitrogen and oxygen atoms in total. The molecule has 34 N–H and O–H groups in total. The smallest absolute Gasteiger partial charge is 0.481 e. The number of aliphatic imine (C=N–C) groups is 2. The molecule has 0 heterocycles. The molecular weight excluding hydrogens is 1640 g/mol. The molecule has 0 aliphatic heterocycles. The van der Waals surface area contributed by atoms with E-state index in [0.717, 1.165) is 0 Å². The van der Waals surface area contributed by atoms with E-state index in [2.05, 4.69) is 90.9 Å². The molecule has 0 radical (unpaired) electrons. The van der Waals surface area contributed by atoms with Crippen LogP contribution in [0, 0.1) is 23.7 Å². The third kappa shape index (κ3) is 47.4. The second kappa shape index (κ2) is 55.7. The third-order valence-electron chi connectivity index (χ3n) is 16.4. The minimum atomic E-state index is -5.52. The van der Waals surface area contributed by atoms with Crippen molar-refractivity contribution in [3.05, 3.63) is 0 Å². The molecule has 0 saturated carbocycles. The molecular formula is C65H114F3N22O27PS. The summed E-state index contributed by atoms with van der Waals surface area (Å²) in [4.78, 5) is 263. The summed E-state index contributed by atoms with van der Waals surface area (Å²) in [6.07, 6.45) is -9.06. The molecule has 119 heavy (non-hydrogen) atoms. The molecule has 0 spiro atoms. The quantitative estimate of drug-likeness (QED) is 0.00884. The number of carboxylic acids is 3. The molecule has 0 aliphatic carbocycles. The maximum Gasteiger partial charge on any atom is 0.490 e. The number of carboxylic acid groups (broad SMARTS) is 3. The number of halogens is 3. The minimum absolute atomic E-state index is 0.00757. The summed E-state index contributed by atoms with van der Waals surface area (Å²) in [5.41, 5.74) is 38.2. The first-order valence-corrected chi connectivity index (χ1v) is 38.8. The van der Waals surface area contributed by atoms with Gasteiger partial charge in [-0.2, -0.15) is 25.8 Å². The van der Waals surface area contributed by atoms with E-state index < -0.39 is 275 Å². The number of carbonyl (C=O) groups excluding carboxylic acids is 15. The lowest BCUT2D eigenvalue weighted by molar-refractivity contribution is -0.192. The molecule has 54 heteroatoms. The first kappa shape index (κ1) is 110. The van der Waals surface area contributed by atoms with E-state index in [1.807, 2.05) is 5.32 Å². The number of primary amides is 2. The van der Waals surface area contributed by atoms with E-state index in [9.17, 15) is 129 Å². The molecule has 0 aromatic rings. The Morgan fingerprint density at radius 1 is 0.462 bits per heavy atom. The van der Waals surface area contributed by atoms with Crippen LogP contribution in [0.1, 0.15) is 132 Å². The molecule has 0 aromatic heterocycles. The topological polar surface area (TPSA) is 838 Å². The molecule has 0 aliphatic rings. The summed E-state index contributed by atoms with van der Waals surface area (Å²) >= 11 is 4.00. The van der Waals surface area contributed by atoms with Gasteiger partial charge in [0.2, 0.25) is 88.6 Å². The number of phosphoric ester groups is 1. The fourth-order valence-electron chi connectivity index (χ4n) is 9.98. The van der Waals surface area contributed by atoms with Crippen molar-refractivity contribution in [3.8, 4) is 0 Å². The summed E-state index contributed by atoms with van der Waals surface area (Å²) in [6, 6.07) is -22.1. The van der Waals surface area contributed by atoms with Gasteiger partial charge in [-0.3, -0.25) is 91.2 Å². The number of rotatable bonds is 56. The van der Waals surface area contributed by atoms with Gasteiger partial charge in [-0.15, -0.1) is 0 Å². The highest BCUT2D eigenvalue weighted by Gasteiger charge is 2.41. The number of guanidine groups is 2. The van der Waals surface area contributed by atoms with E-state index in [1.165, 1.54) is 20.8 Å². The number of carbonyl (C=O) groups is 18. The van der Waals surface area contributed by atoms with Crippen LogP contribution in [-0.2, 0) is 95.4 Å². The zero-order valence-corrected chi connectivity index (χ0v) is 68.3. The predicted octanol–water partition coefficient (Wildman–Crippen LogP) is -10.1. The Morgan fingerprint density at radius 2 is 0.824 bits per heavy atom. The van der Waals surface area contributed by atoms with Crippen LogP contribution in [0.4, 0.5) is 13.2 Å². The molecule has 15 amide bonds. The second-order valence-electron chi connectivity index (χ2n) is 27.8. The zero-order chi connectivity index (χ0) is 92.1. The Labute approximate surface area is 685 Å². The number of amides is 15. The number of nitrogens with two attached hydrogens (primary N) is 7. The molecule has 0 saturated heterocycles. The SMILES string of the molecule is CC[C@H](C)[C@H](NC(=O)[C@H](CCC(=O)O)NC(=O)[C@H](CO)NC(=O)[C@@H](NC(=O)CNC(=O)[C@H](CO)NC(=O)[C@H](COP(=O)(O)O)NC(=O)[C@H](CC(C)C)NC(=O)[C@H](CCC(N)=O)NC(=O)[C@H](CCCN=C(N)N)NC(=O)[C@H](CC(N)=O)NC(=O)[C@H](CC(C)C)NC(=O)[C@@H](N)CS)C(C)C)C(=O)N[C@@H](CCCN=C(N)N)C(=O)O.O=C(O)C(F)(F)F. The lowest BCUT2D eigenvalue weighted by Gasteiger charge is -2.29. The summed E-state index contributed by atoms with van der Waals surface area (Å²) < 4.78 is 48.2. The average molecular weight is 1760 g/mol. The Bertz CT molecular complexity index is 3580. The maximum atomic E-state index is 14.3. The number of nitrogens with zero attached hydrogens (tertiary/aromatic N) is 2. The van der Waals surface area contributed by atoms with Crippen LogP contribution in [0.15, 0.2) is 9.98 Å². The number of aliphatic hydroxyl groups excluding tert-OH is 2. The van der Waals surface area contributed by atoms with Crippen molar-refractivity contribution in [1.82, 2.24) is 69.1 Å². The lowest BCUT2D eigenvalue weighted by atomic mass is 9.96. The number of phosphoric acid groups is 1. The van der Waals surface area contributed by atoms with E-state index in [1.54, 1.807) is 34.6 Å². The van der Waals surface area contributed by atoms with Gasteiger partial charge in [0.05, 0.1) is 38.8 Å². The minimum Gasteiger partial charge on any atom is -0.481 e. The first-order valence-electron chi connectivity index (χ1n) is 36.7. The van der Waals surface area contributed by atoms with Crippen LogP contribution >= 0.6 is 20.5 Å². The number of aliphatic hydroxyl groups is 2. The number of thiol groups is 1. The van der Waals surface area contributed by atoms with Gasteiger partial charge in [-0.25, -0.2) is 14.2 Å². The van der Waals surface area contributed by atoms with Crippen molar-refractivity contribution in [2.24, 2.45) is 73.8 Å². The van der Waals surface area contributed by atoms with Crippen LogP contribution in [0.5, 0.6) is 0 Å². The van der Waals surface area contributed by atoms with Crippen molar-refractivity contribution in [1.29, 1.82) is 0 Å². The van der Waals surface area contributed by atoms with E-state index >= 15 is 0 Å². The largest absolute Gasteiger partial charge is 0.490 e. The van der Waals surface area contributed by atoms with Crippen LogP contribution < -0.4 is 109 Å². The molecule has 0 rings (SSSR count). The van der Waals surface area contributed by atoms with Gasteiger partial charge >= 0.3 is 31.9 Å². The number of nitrogens with one attached hydrogen (secondary N) is 13. The standard InChI is InChI=1S/C63H113N22O25PS.C2HF3O2/c1-9-31(8)48(60(104)77-36(61(105)106)13-11-19-72-63(69)70)85-53(97)35(15-17-46(91)92)76-57(101)41(25-87)82-59(103)47(30(6)7)84-45(90)23-73-50(94)40(24-86)81-58(102)42(26-110-111(107,108)109)83-55(99)38(21-29(4)5)79-52(96)34(14-16-43(65)88)75-51(95)33(12-10-18-71-62(67)68)74-56(100)39(22-44(66)89)80-54(98)37(20-28(2)3)78-49(93)32(64)27-112;3-2(4,5)1(6)7/h28-42,47-48,86-87,112H,9-27,64H2,1-8H3,(H2,65,88)(H2,66,89)(H,73,94)(H,74,100)(H,75,95)(H,76,101)(H,77,104)(H,78,93)(H,79,96)(H,80,98)(H,81,102)(H,82,103)(H,83,99)(H,84,90)(H,85,97)(H,91,92)(H,105,106)(H4,67,68,71)(H4,69,70,72)(H2,107,108,109);(H,6,7)/t31-,32-,33-,34-,35-,36-,37-,38-,39-,40-,41-,42-,47-,48-;/m0./s1. The Balaban J connectivity index is 0. The Kier molecular flexibility index (Phi) is 51.6. The average Bonchev–Trinajstić information content (AvgIpc) is 0.858. The normalized spacial score (nSPS) is 14.8. The van der Waals surface area contributed by atoms with Crippen molar-refractivity contribution in [2.75, 3.05) is 45.2 Å². The van der Waals surface area contributed by atoms with Crippen molar-refractivity contribution < 1.29 is 144 Å². The molecule has 0 aromatic carbocycles. The van der Waals surface area contributed by atoms with Gasteiger partial charge in [-0.05, 0) is 75.0 Å². The summed E-state index contributed by atoms with van der Waals surface area (Å²) in [5, 5.41) is 76.6. The van der Waals surface area contributed by atoms with Crippen LogP contribution in [0.3, 0.4) is 0 Å². The highest BCUT2D eigenvalue weighted by Crippen LogP contribution is 2.35. The fraction of sp³-hybridized carbons (Fsp3) is 0.692. The lowest BCUT2D eigenvalue weighted by Crippen LogP contribution is -2.61. The van der Waals surface area contributed by atoms with Crippen molar-refractivity contribution in [2.45, 2.75) is 217 Å². The summed E-state index contributed by atoms with van der Waals surface area (Å²) in [5.74, 6) is -25.9. The zero-order valence-electron chi connectivity index (χ0n) is 66.5. The number of hydrogen-bond acceptors (Lipinski definition) is 26.